The molecular formula is C29H33N3O5. The summed E-state index contributed by atoms with van der Waals surface area (Å²) < 4.78 is 0. The Labute approximate surface area is 216 Å². The Morgan fingerprint density at radius 3 is 2.16 bits per heavy atom. The van der Waals surface area contributed by atoms with Gasteiger partial charge >= 0.3 is 0 Å². The number of fused-ring (bicyclic) bond motifs is 2. The topological polar surface area (TPSA) is 142 Å². The van der Waals surface area contributed by atoms with Gasteiger partial charge in [-0.25, -0.2) is 0 Å². The molecule has 2 amide bonds. The lowest BCUT2D eigenvalue weighted by atomic mass is 9.85. The van der Waals surface area contributed by atoms with Crippen molar-refractivity contribution < 1.29 is 24.6 Å². The van der Waals surface area contributed by atoms with Crippen LogP contribution in [0, 0.1) is 29.6 Å². The number of Topliss-reactive ketones (excluding diaryl/α,β-unsaturated/α-hetero) is 1. The molecule has 37 heavy (non-hydrogen) atoms. The summed E-state index contributed by atoms with van der Waals surface area (Å²) in [5.41, 5.74) is 7.77. The lowest BCUT2D eigenvalue weighted by molar-refractivity contribution is -0.126. The molecule has 2 aliphatic rings. The van der Waals surface area contributed by atoms with Crippen LogP contribution in [0.1, 0.15) is 60.0 Å². The van der Waals surface area contributed by atoms with Crippen LogP contribution in [0.2, 0.25) is 0 Å². The molecule has 6 N–H and O–H groups in total. The molecule has 0 spiro atoms. The first-order valence-electron chi connectivity index (χ1n) is 12.7. The molecule has 2 saturated carbocycles. The minimum absolute atomic E-state index is 0.0544. The second kappa shape index (κ2) is 12.2. The zero-order valence-electron chi connectivity index (χ0n) is 20.7. The van der Waals surface area contributed by atoms with Gasteiger partial charge in [-0.3, -0.25) is 14.4 Å². The average Bonchev–Trinajstić information content (AvgIpc) is 3.53. The maximum atomic E-state index is 12.4. The molecule has 2 aromatic carbocycles. The second-order valence-electron chi connectivity index (χ2n) is 9.99. The van der Waals surface area contributed by atoms with E-state index in [2.05, 4.69) is 22.5 Å². The maximum absolute atomic E-state index is 12.4. The van der Waals surface area contributed by atoms with Crippen LogP contribution in [-0.4, -0.2) is 46.7 Å². The van der Waals surface area contributed by atoms with Crippen LogP contribution in [0.15, 0.2) is 48.5 Å². The fourth-order valence-electron chi connectivity index (χ4n) is 5.44. The Kier molecular flexibility index (Phi) is 8.72. The summed E-state index contributed by atoms with van der Waals surface area (Å²) in [5.74, 6) is 7.19. The lowest BCUT2D eigenvalue weighted by Gasteiger charge is -2.21. The highest BCUT2D eigenvalue weighted by molar-refractivity contribution is 5.98. The van der Waals surface area contributed by atoms with E-state index in [1.165, 1.54) is 37.8 Å². The minimum Gasteiger partial charge on any atom is -0.388 e. The Balaban J connectivity index is 1.26. The van der Waals surface area contributed by atoms with Gasteiger partial charge in [0.1, 0.15) is 18.9 Å². The van der Waals surface area contributed by atoms with Crippen LogP contribution in [0.4, 0.5) is 5.69 Å². The van der Waals surface area contributed by atoms with Gasteiger partial charge in [0.05, 0.1) is 0 Å². The zero-order chi connectivity index (χ0) is 26.4. The average molecular weight is 504 g/mol. The van der Waals surface area contributed by atoms with Crippen molar-refractivity contribution in [1.82, 2.24) is 5.32 Å². The van der Waals surface area contributed by atoms with Crippen LogP contribution < -0.4 is 16.4 Å². The molecular weight excluding hydrogens is 470 g/mol. The molecule has 1 unspecified atom stereocenters. The highest BCUT2D eigenvalue weighted by Crippen LogP contribution is 2.49. The molecule has 4 rings (SSSR count). The first kappa shape index (κ1) is 26.6. The van der Waals surface area contributed by atoms with E-state index in [0.717, 1.165) is 35.4 Å². The number of amides is 2. The highest BCUT2D eigenvalue weighted by atomic mass is 16.3. The SMILES string of the molecule is N[C@@H](O)[C@H](NC(=O)c1ccc(C#Cc2ccc(NC(=O)CCC3C[C@@H]4CC[C@H]3C4)cc2)cc1)C(=O)CO. The molecule has 8 nitrogen and oxygen atoms in total. The summed E-state index contributed by atoms with van der Waals surface area (Å²) in [6.45, 7) is -0.845. The minimum atomic E-state index is -1.62. The molecule has 0 aromatic heterocycles. The van der Waals surface area contributed by atoms with Crippen molar-refractivity contribution in [3.05, 3.63) is 65.2 Å². The third kappa shape index (κ3) is 7.04. The van der Waals surface area contributed by atoms with Gasteiger partial charge in [0.15, 0.2) is 5.78 Å². The Morgan fingerprint density at radius 1 is 0.973 bits per heavy atom. The standard InChI is InChI=1S/C29H33N3O5/c30-28(36)27(25(34)17-33)32-29(37)21-8-3-18(4-9-21)1-2-19-6-12-24(13-7-19)31-26(35)14-11-23-16-20-5-10-22(23)15-20/h3-4,6-9,12-13,20,22-23,27-28,33,36H,5,10-11,14-17,30H2,(H,31,35)(H,32,37)/t20-,22+,23?,27-,28+/m1/s1. The summed E-state index contributed by atoms with van der Waals surface area (Å²) in [6, 6.07) is 12.4. The van der Waals surface area contributed by atoms with E-state index in [4.69, 9.17) is 10.8 Å². The van der Waals surface area contributed by atoms with E-state index < -0.39 is 30.6 Å². The first-order valence-corrected chi connectivity index (χ1v) is 12.7. The van der Waals surface area contributed by atoms with Gasteiger partial charge < -0.3 is 26.6 Å². The summed E-state index contributed by atoms with van der Waals surface area (Å²) in [4.78, 5) is 36.3. The maximum Gasteiger partial charge on any atom is 0.251 e. The molecule has 0 saturated heterocycles. The number of ketones is 1. The van der Waals surface area contributed by atoms with Gasteiger partial charge in [-0.15, -0.1) is 0 Å². The fourth-order valence-corrected chi connectivity index (χ4v) is 5.44. The zero-order valence-corrected chi connectivity index (χ0v) is 20.7. The van der Waals surface area contributed by atoms with E-state index in [1.807, 2.05) is 24.3 Å². The summed E-state index contributed by atoms with van der Waals surface area (Å²) in [7, 11) is 0. The van der Waals surface area contributed by atoms with E-state index >= 15 is 0 Å². The smallest absolute Gasteiger partial charge is 0.251 e. The quantitative estimate of drug-likeness (QED) is 0.262. The number of nitrogens with two attached hydrogens (primary N) is 1. The van der Waals surface area contributed by atoms with E-state index in [1.54, 1.807) is 12.1 Å². The number of hydrogen-bond donors (Lipinski definition) is 5. The van der Waals surface area contributed by atoms with Crippen molar-refractivity contribution in [2.45, 2.75) is 50.8 Å². The van der Waals surface area contributed by atoms with Crippen LogP contribution in [0.25, 0.3) is 0 Å². The van der Waals surface area contributed by atoms with Crippen molar-refractivity contribution in [3.63, 3.8) is 0 Å². The van der Waals surface area contributed by atoms with Crippen molar-refractivity contribution in [2.75, 3.05) is 11.9 Å². The number of benzene rings is 2. The van der Waals surface area contributed by atoms with Gasteiger partial charge in [-0.1, -0.05) is 18.3 Å². The monoisotopic (exact) mass is 503 g/mol. The fraction of sp³-hybridized carbons (Fsp3) is 0.414. The third-order valence-electron chi connectivity index (χ3n) is 7.42. The largest absolute Gasteiger partial charge is 0.388 e. The Hall–Kier alpha value is -3.51. The van der Waals surface area contributed by atoms with Crippen LogP contribution in [0.3, 0.4) is 0 Å². The molecule has 5 atom stereocenters. The summed E-state index contributed by atoms with van der Waals surface area (Å²) in [5, 5.41) is 23.7. The molecule has 2 bridgehead atoms. The van der Waals surface area contributed by atoms with E-state index in [9.17, 15) is 19.5 Å². The molecule has 0 heterocycles. The van der Waals surface area contributed by atoms with Crippen molar-refractivity contribution in [1.29, 1.82) is 0 Å². The van der Waals surface area contributed by atoms with Crippen LogP contribution in [0.5, 0.6) is 0 Å². The molecule has 194 valence electrons. The molecule has 2 aromatic rings. The molecule has 0 radical (unpaired) electrons. The van der Waals surface area contributed by atoms with Crippen LogP contribution >= 0.6 is 0 Å². The number of aliphatic hydroxyl groups is 2. The first-order chi connectivity index (χ1) is 17.8. The number of carbonyl (C=O) groups excluding carboxylic acids is 3. The van der Waals surface area contributed by atoms with Gasteiger partial charge in [0.25, 0.3) is 5.91 Å². The number of carbonyl (C=O) groups is 3. The number of anilines is 1. The molecule has 2 fully saturated rings. The van der Waals surface area contributed by atoms with Gasteiger partial charge in [-0.05, 0) is 92.0 Å². The predicted molar refractivity (Wildman–Crippen MR) is 139 cm³/mol. The number of aliphatic hydroxyl groups excluding tert-OH is 2. The highest BCUT2D eigenvalue weighted by Gasteiger charge is 2.39. The molecule has 0 aliphatic heterocycles. The summed E-state index contributed by atoms with van der Waals surface area (Å²) in [6.07, 6.45) is 5.30. The van der Waals surface area contributed by atoms with E-state index in [-0.39, 0.29) is 11.5 Å². The predicted octanol–water partition coefficient (Wildman–Crippen LogP) is 2.18. The lowest BCUT2D eigenvalue weighted by Crippen LogP contribution is -2.53. The van der Waals surface area contributed by atoms with Crippen molar-refractivity contribution in [3.8, 4) is 11.8 Å². The Bertz CT molecular complexity index is 1180. The van der Waals surface area contributed by atoms with E-state index in [0.29, 0.717) is 12.0 Å². The number of nitrogens with one attached hydrogen (secondary N) is 2. The molecule has 8 heteroatoms. The summed E-state index contributed by atoms with van der Waals surface area (Å²) >= 11 is 0. The van der Waals surface area contributed by atoms with Crippen molar-refractivity contribution in [2.24, 2.45) is 23.5 Å². The van der Waals surface area contributed by atoms with Crippen LogP contribution in [-0.2, 0) is 9.59 Å². The van der Waals surface area contributed by atoms with Gasteiger partial charge in [0.2, 0.25) is 5.91 Å². The second-order valence-corrected chi connectivity index (χ2v) is 9.99. The molecule has 2 aliphatic carbocycles. The van der Waals surface area contributed by atoms with Gasteiger partial charge in [-0.2, -0.15) is 0 Å². The van der Waals surface area contributed by atoms with Gasteiger partial charge in [0, 0.05) is 28.8 Å². The van der Waals surface area contributed by atoms with Crippen molar-refractivity contribution >= 4 is 23.3 Å². The Morgan fingerprint density at radius 2 is 1.62 bits per heavy atom. The normalized spacial score (nSPS) is 21.4. The third-order valence-corrected chi connectivity index (χ3v) is 7.42. The number of hydrogen-bond acceptors (Lipinski definition) is 6. The number of rotatable bonds is 9.